The summed E-state index contributed by atoms with van der Waals surface area (Å²) in [6.07, 6.45) is 0. The molecule has 2 aliphatic heterocycles. The van der Waals surface area contributed by atoms with E-state index in [0.29, 0.717) is 0 Å². The van der Waals surface area contributed by atoms with E-state index in [1.54, 1.807) is 0 Å². The minimum atomic E-state index is -0.647. The van der Waals surface area contributed by atoms with E-state index in [4.69, 9.17) is 0 Å². The van der Waals surface area contributed by atoms with Crippen LogP contribution in [0, 0.1) is 6.92 Å². The lowest BCUT2D eigenvalue weighted by atomic mass is 9.88. The Morgan fingerprint density at radius 1 is 0.767 bits per heavy atom. The number of fused-ring (bicyclic) bond motifs is 1. The summed E-state index contributed by atoms with van der Waals surface area (Å²) in [6, 6.07) is 27.0. The lowest BCUT2D eigenvalue weighted by Gasteiger charge is -2.50. The molecular weight excluding hydrogens is 370 g/mol. The number of hydrogen-bond acceptors (Lipinski definition) is 3. The molecule has 1 amide bonds. The van der Waals surface area contributed by atoms with Crippen molar-refractivity contribution in [1.29, 1.82) is 0 Å². The molecule has 152 valence electrons. The van der Waals surface area contributed by atoms with E-state index in [2.05, 4.69) is 84.4 Å². The third-order valence-corrected chi connectivity index (χ3v) is 6.49. The molecule has 2 aliphatic rings. The Labute approximate surface area is 178 Å². The second-order valence-corrected chi connectivity index (χ2v) is 8.35. The highest BCUT2D eigenvalue weighted by Gasteiger charge is 2.55. The Hall–Kier alpha value is -2.95. The molecule has 0 aliphatic carbocycles. The smallest absolute Gasteiger partial charge is 0.260 e. The van der Waals surface area contributed by atoms with Gasteiger partial charge >= 0.3 is 0 Å². The molecule has 5 rings (SSSR count). The lowest BCUT2D eigenvalue weighted by molar-refractivity contribution is 0.0597. The van der Waals surface area contributed by atoms with Gasteiger partial charge in [-0.25, -0.2) is 0 Å². The summed E-state index contributed by atoms with van der Waals surface area (Å²) in [5.41, 5.74) is 4.48. The van der Waals surface area contributed by atoms with Crippen molar-refractivity contribution in [2.24, 2.45) is 0 Å². The first-order valence-electron chi connectivity index (χ1n) is 10.6. The SMILES string of the molecule is Cc1ccc(N2C(=O)c3ccccc3[C@]2(c2ccccc2)N2CCN(C)CC2)cc1. The second kappa shape index (κ2) is 7.38. The summed E-state index contributed by atoms with van der Waals surface area (Å²) in [5.74, 6) is 0.0669. The van der Waals surface area contributed by atoms with Crippen LogP contribution in [0.15, 0.2) is 78.9 Å². The largest absolute Gasteiger partial charge is 0.304 e. The molecule has 4 heteroatoms. The normalized spacial score (nSPS) is 22.3. The fourth-order valence-electron chi connectivity index (χ4n) is 4.94. The monoisotopic (exact) mass is 397 g/mol. The van der Waals surface area contributed by atoms with E-state index in [0.717, 1.165) is 48.6 Å². The van der Waals surface area contributed by atoms with Gasteiger partial charge < -0.3 is 4.90 Å². The number of benzene rings is 3. The van der Waals surface area contributed by atoms with Gasteiger partial charge in [-0.3, -0.25) is 14.6 Å². The van der Waals surface area contributed by atoms with E-state index in [1.807, 2.05) is 23.1 Å². The van der Waals surface area contributed by atoms with Crippen LogP contribution in [0.3, 0.4) is 0 Å². The van der Waals surface area contributed by atoms with Gasteiger partial charge in [0.25, 0.3) is 5.91 Å². The molecule has 0 aromatic heterocycles. The molecule has 3 aromatic carbocycles. The van der Waals surface area contributed by atoms with E-state index in [9.17, 15) is 4.79 Å². The Morgan fingerprint density at radius 3 is 2.10 bits per heavy atom. The molecule has 0 N–H and O–H groups in total. The van der Waals surface area contributed by atoms with Crippen molar-refractivity contribution >= 4 is 11.6 Å². The Bertz CT molecular complexity index is 1060. The van der Waals surface area contributed by atoms with Gasteiger partial charge in [-0.1, -0.05) is 66.2 Å². The quantitative estimate of drug-likeness (QED) is 0.666. The van der Waals surface area contributed by atoms with Crippen LogP contribution in [0.5, 0.6) is 0 Å². The van der Waals surface area contributed by atoms with Crippen LogP contribution < -0.4 is 4.90 Å². The van der Waals surface area contributed by atoms with Gasteiger partial charge in [-0.2, -0.15) is 0 Å². The molecule has 1 atom stereocenters. The molecule has 0 spiro atoms. The van der Waals surface area contributed by atoms with Gasteiger partial charge in [-0.05, 0) is 37.7 Å². The van der Waals surface area contributed by atoms with Gasteiger partial charge in [-0.15, -0.1) is 0 Å². The van der Waals surface area contributed by atoms with Crippen LogP contribution in [0.1, 0.15) is 27.0 Å². The molecule has 0 bridgehead atoms. The zero-order valence-electron chi connectivity index (χ0n) is 17.6. The fourth-order valence-corrected chi connectivity index (χ4v) is 4.94. The molecule has 0 unspecified atom stereocenters. The standard InChI is InChI=1S/C26H27N3O/c1-20-12-14-22(15-13-20)29-25(30)23-10-6-7-11-24(23)26(29,21-8-4-3-5-9-21)28-18-16-27(2)17-19-28/h3-15H,16-19H2,1-2H3/t26-/m1/s1. The highest BCUT2D eigenvalue weighted by molar-refractivity contribution is 6.12. The van der Waals surface area contributed by atoms with Gasteiger partial charge in [0.2, 0.25) is 0 Å². The number of likely N-dealkylation sites (N-methyl/N-ethyl adjacent to an activating group) is 1. The number of carbonyl (C=O) groups is 1. The Morgan fingerprint density at radius 2 is 1.40 bits per heavy atom. The minimum Gasteiger partial charge on any atom is -0.304 e. The molecule has 0 saturated carbocycles. The van der Waals surface area contributed by atoms with Crippen LogP contribution in [0.4, 0.5) is 5.69 Å². The number of nitrogens with zero attached hydrogens (tertiary/aromatic N) is 3. The van der Waals surface area contributed by atoms with Crippen LogP contribution in [-0.4, -0.2) is 48.9 Å². The number of anilines is 1. The topological polar surface area (TPSA) is 26.8 Å². The average Bonchev–Trinajstić information content (AvgIpc) is 3.05. The molecule has 4 nitrogen and oxygen atoms in total. The first-order chi connectivity index (χ1) is 14.6. The number of piperazine rings is 1. The maximum atomic E-state index is 13.9. The maximum absolute atomic E-state index is 13.9. The summed E-state index contributed by atoms with van der Waals surface area (Å²) in [6.45, 7) is 5.83. The molecule has 30 heavy (non-hydrogen) atoms. The molecule has 1 saturated heterocycles. The molecular formula is C26H27N3O. The van der Waals surface area contributed by atoms with Crippen molar-refractivity contribution in [1.82, 2.24) is 9.80 Å². The predicted molar refractivity (Wildman–Crippen MR) is 121 cm³/mol. The number of rotatable bonds is 3. The van der Waals surface area contributed by atoms with Crippen molar-refractivity contribution in [3.63, 3.8) is 0 Å². The van der Waals surface area contributed by atoms with Crippen molar-refractivity contribution in [3.05, 3.63) is 101 Å². The van der Waals surface area contributed by atoms with Crippen LogP contribution in [0.25, 0.3) is 0 Å². The van der Waals surface area contributed by atoms with Gasteiger partial charge in [0.15, 0.2) is 5.66 Å². The number of hydrogen-bond donors (Lipinski definition) is 0. The summed E-state index contributed by atoms with van der Waals surface area (Å²) >= 11 is 0. The maximum Gasteiger partial charge on any atom is 0.260 e. The summed E-state index contributed by atoms with van der Waals surface area (Å²) in [7, 11) is 2.16. The molecule has 1 fully saturated rings. The number of amides is 1. The van der Waals surface area contributed by atoms with Crippen LogP contribution >= 0.6 is 0 Å². The highest BCUT2D eigenvalue weighted by atomic mass is 16.2. The van der Waals surface area contributed by atoms with E-state index >= 15 is 0 Å². The van der Waals surface area contributed by atoms with Gasteiger partial charge in [0.05, 0.1) is 0 Å². The van der Waals surface area contributed by atoms with E-state index in [-0.39, 0.29) is 5.91 Å². The summed E-state index contributed by atoms with van der Waals surface area (Å²) in [5, 5.41) is 0. The third kappa shape index (κ3) is 2.79. The first-order valence-corrected chi connectivity index (χ1v) is 10.6. The van der Waals surface area contributed by atoms with E-state index in [1.165, 1.54) is 5.56 Å². The first kappa shape index (κ1) is 19.0. The summed E-state index contributed by atoms with van der Waals surface area (Å²) < 4.78 is 0. The lowest BCUT2D eigenvalue weighted by Crippen LogP contribution is -2.62. The van der Waals surface area contributed by atoms with Gasteiger partial charge in [0.1, 0.15) is 0 Å². The number of aryl methyl sites for hydroxylation is 1. The highest BCUT2D eigenvalue weighted by Crippen LogP contribution is 2.49. The zero-order chi connectivity index (χ0) is 20.7. The van der Waals surface area contributed by atoms with Crippen molar-refractivity contribution in [3.8, 4) is 0 Å². The van der Waals surface area contributed by atoms with Crippen molar-refractivity contribution in [2.75, 3.05) is 38.1 Å². The predicted octanol–water partition coefficient (Wildman–Crippen LogP) is 4.10. The Kier molecular flexibility index (Phi) is 4.69. The fraction of sp³-hybridized carbons (Fsp3) is 0.269. The Balaban J connectivity index is 1.80. The van der Waals surface area contributed by atoms with Crippen LogP contribution in [-0.2, 0) is 5.66 Å². The van der Waals surface area contributed by atoms with Crippen LogP contribution in [0.2, 0.25) is 0 Å². The average molecular weight is 398 g/mol. The number of carbonyl (C=O) groups excluding carboxylic acids is 1. The molecule has 2 heterocycles. The minimum absolute atomic E-state index is 0.0669. The molecule has 3 aromatic rings. The van der Waals surface area contributed by atoms with E-state index < -0.39 is 5.66 Å². The van der Waals surface area contributed by atoms with Crippen molar-refractivity contribution in [2.45, 2.75) is 12.6 Å². The summed E-state index contributed by atoms with van der Waals surface area (Å²) in [4.78, 5) is 20.7. The second-order valence-electron chi connectivity index (χ2n) is 8.35. The zero-order valence-corrected chi connectivity index (χ0v) is 17.6. The molecule has 0 radical (unpaired) electrons. The van der Waals surface area contributed by atoms with Gasteiger partial charge in [0, 0.05) is 43.0 Å². The third-order valence-electron chi connectivity index (χ3n) is 6.49. The van der Waals surface area contributed by atoms with Crippen molar-refractivity contribution < 1.29 is 4.79 Å².